The molecule has 1 fully saturated rings. The van der Waals surface area contributed by atoms with Gasteiger partial charge in [-0.3, -0.25) is 4.99 Å². The van der Waals surface area contributed by atoms with E-state index in [0.29, 0.717) is 6.54 Å². The highest BCUT2D eigenvalue weighted by Crippen LogP contribution is 2.10. The van der Waals surface area contributed by atoms with Crippen molar-refractivity contribution in [2.45, 2.75) is 6.54 Å². The highest BCUT2D eigenvalue weighted by Gasteiger charge is 2.20. The first-order valence-corrected chi connectivity index (χ1v) is 7.98. The van der Waals surface area contributed by atoms with Crippen LogP contribution < -0.4 is 10.2 Å². The minimum atomic E-state index is -0.222. The number of nitrogens with zero attached hydrogens (tertiary/aromatic N) is 5. The second-order valence-corrected chi connectivity index (χ2v) is 5.55. The van der Waals surface area contributed by atoms with Crippen molar-refractivity contribution < 1.29 is 4.39 Å². The number of rotatable bonds is 3. The predicted molar refractivity (Wildman–Crippen MR) is 108 cm³/mol. The molecule has 3 rings (SSSR count). The van der Waals surface area contributed by atoms with Crippen molar-refractivity contribution in [3.05, 3.63) is 54.1 Å². The smallest absolute Gasteiger partial charge is 0.225 e. The molecule has 0 saturated carbocycles. The number of benzene rings is 1. The van der Waals surface area contributed by atoms with E-state index in [0.717, 1.165) is 43.7 Å². The maximum absolute atomic E-state index is 13.2. The van der Waals surface area contributed by atoms with Crippen molar-refractivity contribution in [2.24, 2.45) is 4.99 Å². The van der Waals surface area contributed by atoms with Gasteiger partial charge >= 0.3 is 0 Å². The number of hydrogen-bond acceptors (Lipinski definition) is 4. The van der Waals surface area contributed by atoms with Crippen LogP contribution in [-0.2, 0) is 6.54 Å². The molecule has 1 aliphatic heterocycles. The van der Waals surface area contributed by atoms with Crippen molar-refractivity contribution >= 4 is 35.9 Å². The fraction of sp³-hybridized carbons (Fsp3) is 0.353. The SMILES string of the molecule is CN=C(NCc1cccc(F)c1)N1CCN(c2ncccn2)CC1.I. The number of aromatic nitrogens is 2. The molecule has 0 unspecified atom stereocenters. The van der Waals surface area contributed by atoms with Crippen LogP contribution >= 0.6 is 24.0 Å². The molecule has 25 heavy (non-hydrogen) atoms. The fourth-order valence-corrected chi connectivity index (χ4v) is 2.73. The molecule has 8 heteroatoms. The quantitative estimate of drug-likeness (QED) is 0.436. The van der Waals surface area contributed by atoms with Crippen molar-refractivity contribution in [1.82, 2.24) is 20.2 Å². The maximum Gasteiger partial charge on any atom is 0.225 e. The summed E-state index contributed by atoms with van der Waals surface area (Å²) in [6, 6.07) is 8.41. The Morgan fingerprint density at radius 2 is 1.88 bits per heavy atom. The van der Waals surface area contributed by atoms with E-state index >= 15 is 0 Å². The van der Waals surface area contributed by atoms with Crippen LogP contribution in [0.2, 0.25) is 0 Å². The molecule has 0 bridgehead atoms. The van der Waals surface area contributed by atoms with Gasteiger partial charge in [0.25, 0.3) is 0 Å². The summed E-state index contributed by atoms with van der Waals surface area (Å²) in [5.74, 6) is 1.37. The van der Waals surface area contributed by atoms with Gasteiger partial charge in [-0.25, -0.2) is 14.4 Å². The Labute approximate surface area is 164 Å². The number of piperazine rings is 1. The van der Waals surface area contributed by atoms with Crippen molar-refractivity contribution in [3.8, 4) is 0 Å². The zero-order valence-corrected chi connectivity index (χ0v) is 16.4. The van der Waals surface area contributed by atoms with Crippen LogP contribution in [0.25, 0.3) is 0 Å². The van der Waals surface area contributed by atoms with Crippen LogP contribution in [0.5, 0.6) is 0 Å². The first-order chi connectivity index (χ1) is 11.8. The van der Waals surface area contributed by atoms with Gasteiger partial charge < -0.3 is 15.1 Å². The highest BCUT2D eigenvalue weighted by atomic mass is 127. The van der Waals surface area contributed by atoms with Gasteiger partial charge in [0, 0.05) is 52.2 Å². The van der Waals surface area contributed by atoms with E-state index in [1.54, 1.807) is 25.5 Å². The van der Waals surface area contributed by atoms with E-state index in [1.165, 1.54) is 12.1 Å². The third-order valence-electron chi connectivity index (χ3n) is 3.97. The van der Waals surface area contributed by atoms with Crippen LogP contribution in [-0.4, -0.2) is 54.1 Å². The molecule has 6 nitrogen and oxygen atoms in total. The molecule has 0 spiro atoms. The van der Waals surface area contributed by atoms with Crippen molar-refractivity contribution in [3.63, 3.8) is 0 Å². The summed E-state index contributed by atoms with van der Waals surface area (Å²) < 4.78 is 13.2. The van der Waals surface area contributed by atoms with E-state index in [9.17, 15) is 4.39 Å². The molecule has 1 aliphatic rings. The number of nitrogens with one attached hydrogen (secondary N) is 1. The number of hydrogen-bond donors (Lipinski definition) is 1. The fourth-order valence-electron chi connectivity index (χ4n) is 2.73. The standard InChI is InChI=1S/C17H21FN6.HI/c1-19-16(22-13-14-4-2-5-15(18)12-14)23-8-10-24(11-9-23)17-20-6-3-7-21-17;/h2-7,12H,8-11,13H2,1H3,(H,19,22);1H. The maximum atomic E-state index is 13.2. The molecule has 1 aromatic carbocycles. The third kappa shape index (κ3) is 5.25. The molecular formula is C17H22FIN6. The zero-order valence-electron chi connectivity index (χ0n) is 14.1. The molecule has 1 aromatic heterocycles. The molecule has 0 atom stereocenters. The summed E-state index contributed by atoms with van der Waals surface area (Å²) >= 11 is 0. The lowest BCUT2D eigenvalue weighted by molar-refractivity contribution is 0.370. The van der Waals surface area contributed by atoms with Crippen LogP contribution in [0, 0.1) is 5.82 Å². The Bertz CT molecular complexity index is 689. The van der Waals surface area contributed by atoms with Gasteiger partial charge in [-0.05, 0) is 23.8 Å². The largest absolute Gasteiger partial charge is 0.352 e. The van der Waals surface area contributed by atoms with Gasteiger partial charge in [0.15, 0.2) is 5.96 Å². The van der Waals surface area contributed by atoms with Gasteiger partial charge in [-0.2, -0.15) is 0 Å². The second-order valence-electron chi connectivity index (χ2n) is 5.55. The van der Waals surface area contributed by atoms with E-state index in [4.69, 9.17) is 0 Å². The second kappa shape index (κ2) is 9.50. The van der Waals surface area contributed by atoms with Gasteiger partial charge in [-0.1, -0.05) is 12.1 Å². The van der Waals surface area contributed by atoms with Gasteiger partial charge in [0.1, 0.15) is 5.82 Å². The van der Waals surface area contributed by atoms with Crippen LogP contribution in [0.1, 0.15) is 5.56 Å². The van der Waals surface area contributed by atoms with Crippen LogP contribution in [0.15, 0.2) is 47.7 Å². The van der Waals surface area contributed by atoms with Crippen molar-refractivity contribution in [2.75, 3.05) is 38.1 Å². The molecule has 0 amide bonds. The molecule has 1 N–H and O–H groups in total. The van der Waals surface area contributed by atoms with E-state index in [-0.39, 0.29) is 29.8 Å². The van der Waals surface area contributed by atoms with E-state index < -0.39 is 0 Å². The monoisotopic (exact) mass is 456 g/mol. The van der Waals surface area contributed by atoms with Gasteiger partial charge in [0.05, 0.1) is 0 Å². The van der Waals surface area contributed by atoms with Crippen LogP contribution in [0.3, 0.4) is 0 Å². The topological polar surface area (TPSA) is 56.7 Å². The number of anilines is 1. The average Bonchev–Trinajstić information content (AvgIpc) is 2.64. The lowest BCUT2D eigenvalue weighted by atomic mass is 10.2. The number of guanidine groups is 1. The summed E-state index contributed by atoms with van der Waals surface area (Å²) in [7, 11) is 1.76. The van der Waals surface area contributed by atoms with Gasteiger partial charge in [-0.15, -0.1) is 24.0 Å². The number of aliphatic imine (C=N–C) groups is 1. The summed E-state index contributed by atoms with van der Waals surface area (Å²) in [6.07, 6.45) is 3.52. The average molecular weight is 456 g/mol. The lowest BCUT2D eigenvalue weighted by Crippen LogP contribution is -2.52. The van der Waals surface area contributed by atoms with Crippen molar-refractivity contribution in [1.29, 1.82) is 0 Å². The summed E-state index contributed by atoms with van der Waals surface area (Å²) in [5.41, 5.74) is 0.896. The first-order valence-electron chi connectivity index (χ1n) is 7.98. The summed E-state index contributed by atoms with van der Waals surface area (Å²) in [4.78, 5) is 17.3. The Morgan fingerprint density at radius 1 is 1.16 bits per heavy atom. The molecule has 2 aromatic rings. The highest BCUT2D eigenvalue weighted by molar-refractivity contribution is 14.0. The molecule has 0 aliphatic carbocycles. The Kier molecular flexibility index (Phi) is 7.35. The normalized spacial score (nSPS) is 14.9. The number of halogens is 2. The Morgan fingerprint density at radius 3 is 2.52 bits per heavy atom. The van der Waals surface area contributed by atoms with E-state index in [2.05, 4.69) is 30.1 Å². The predicted octanol–water partition coefficient (Wildman–Crippen LogP) is 2.13. The summed E-state index contributed by atoms with van der Waals surface area (Å²) in [5, 5.41) is 3.30. The minimum Gasteiger partial charge on any atom is -0.352 e. The Balaban J connectivity index is 0.00000225. The third-order valence-corrected chi connectivity index (χ3v) is 3.97. The zero-order chi connectivity index (χ0) is 16.8. The lowest BCUT2D eigenvalue weighted by Gasteiger charge is -2.36. The summed E-state index contributed by atoms with van der Waals surface area (Å²) in [6.45, 7) is 3.89. The Hall–Kier alpha value is -1.97. The minimum absolute atomic E-state index is 0. The molecule has 1 saturated heterocycles. The molecular weight excluding hydrogens is 434 g/mol. The van der Waals surface area contributed by atoms with Crippen LogP contribution in [0.4, 0.5) is 10.3 Å². The first kappa shape index (κ1) is 19.4. The molecule has 0 radical (unpaired) electrons. The molecule has 134 valence electrons. The molecule has 2 heterocycles. The van der Waals surface area contributed by atoms with Gasteiger partial charge in [0.2, 0.25) is 5.95 Å². The van der Waals surface area contributed by atoms with E-state index in [1.807, 2.05) is 12.1 Å².